The lowest BCUT2D eigenvalue weighted by molar-refractivity contribution is 0.0984. The Hall–Kier alpha value is -1.97. The van der Waals surface area contributed by atoms with Crippen molar-refractivity contribution in [2.45, 2.75) is 11.4 Å². The summed E-state index contributed by atoms with van der Waals surface area (Å²) in [7, 11) is 0. The molecule has 0 N–H and O–H groups in total. The molecule has 4 rings (SSSR count). The van der Waals surface area contributed by atoms with Gasteiger partial charge in [-0.2, -0.15) is 0 Å². The Bertz CT molecular complexity index is 1130. The van der Waals surface area contributed by atoms with Gasteiger partial charge in [0.15, 0.2) is 5.13 Å². The number of thiazole rings is 1. The average Bonchev–Trinajstić information content (AvgIpc) is 3.15. The molecule has 2 heterocycles. The van der Waals surface area contributed by atoms with Crippen molar-refractivity contribution in [3.8, 4) is 0 Å². The first kappa shape index (κ1) is 19.4. The van der Waals surface area contributed by atoms with E-state index in [1.807, 2.05) is 42.5 Å². The summed E-state index contributed by atoms with van der Waals surface area (Å²) in [5, 5.41) is 0.696. The van der Waals surface area contributed by atoms with Crippen LogP contribution < -0.4 is 4.90 Å². The number of aromatic nitrogens is 2. The number of thioether (sulfide) groups is 1. The van der Waals surface area contributed by atoms with Crippen LogP contribution in [0.25, 0.3) is 10.2 Å². The summed E-state index contributed by atoms with van der Waals surface area (Å²) < 4.78 is 2.00. The number of hydrogen-bond acceptors (Lipinski definition) is 5. The topological polar surface area (TPSA) is 46.1 Å². The maximum Gasteiger partial charge on any atom is 0.261 e. The minimum Gasteiger partial charge on any atom is -0.279 e. The molecule has 0 bridgehead atoms. The zero-order chi connectivity index (χ0) is 19.5. The standard InChI is InChI=1S/C21H16IN3OS2/c1-27-15-8-9-18-19(11-15)28-21(24-18)25(13-14-5-4-10-23-12-14)20(26)16-6-2-3-7-17(16)22/h2-12H,13H2,1H3. The molecule has 140 valence electrons. The van der Waals surface area contributed by atoms with Crippen molar-refractivity contribution in [3.05, 3.63) is 81.7 Å². The number of carbonyl (C=O) groups excluding carboxylic acids is 1. The van der Waals surface area contributed by atoms with E-state index < -0.39 is 0 Å². The Morgan fingerprint density at radius 1 is 1.18 bits per heavy atom. The number of hydrogen-bond donors (Lipinski definition) is 0. The predicted octanol–water partition coefficient (Wildman–Crippen LogP) is 5.86. The molecular formula is C21H16IN3OS2. The van der Waals surface area contributed by atoms with Gasteiger partial charge >= 0.3 is 0 Å². The highest BCUT2D eigenvalue weighted by atomic mass is 127. The summed E-state index contributed by atoms with van der Waals surface area (Å²) in [6.45, 7) is 0.423. The highest BCUT2D eigenvalue weighted by Gasteiger charge is 2.23. The Morgan fingerprint density at radius 3 is 2.79 bits per heavy atom. The van der Waals surface area contributed by atoms with E-state index in [4.69, 9.17) is 4.98 Å². The normalized spacial score (nSPS) is 10.9. The second kappa shape index (κ2) is 8.59. The summed E-state index contributed by atoms with van der Waals surface area (Å²) in [6, 6.07) is 17.7. The third-order valence-electron chi connectivity index (χ3n) is 4.23. The predicted molar refractivity (Wildman–Crippen MR) is 125 cm³/mol. The number of fused-ring (bicyclic) bond motifs is 1. The van der Waals surface area contributed by atoms with E-state index in [-0.39, 0.29) is 5.91 Å². The molecule has 4 aromatic rings. The highest BCUT2D eigenvalue weighted by molar-refractivity contribution is 14.1. The molecule has 28 heavy (non-hydrogen) atoms. The molecule has 0 saturated carbocycles. The number of amides is 1. The second-order valence-electron chi connectivity index (χ2n) is 6.06. The molecular weight excluding hydrogens is 501 g/mol. The van der Waals surface area contributed by atoms with Gasteiger partial charge in [0.25, 0.3) is 5.91 Å². The zero-order valence-corrected chi connectivity index (χ0v) is 18.8. The van der Waals surface area contributed by atoms with E-state index in [0.717, 1.165) is 19.4 Å². The van der Waals surface area contributed by atoms with E-state index in [1.54, 1.807) is 40.4 Å². The van der Waals surface area contributed by atoms with E-state index in [1.165, 1.54) is 4.90 Å². The van der Waals surface area contributed by atoms with Crippen LogP contribution in [0.1, 0.15) is 15.9 Å². The summed E-state index contributed by atoms with van der Waals surface area (Å²) in [5.41, 5.74) is 2.55. The maximum atomic E-state index is 13.4. The molecule has 0 aliphatic rings. The molecule has 0 aliphatic carbocycles. The lowest BCUT2D eigenvalue weighted by Gasteiger charge is -2.20. The fraction of sp³-hybridized carbons (Fsp3) is 0.0952. The lowest BCUT2D eigenvalue weighted by Crippen LogP contribution is -2.31. The number of benzene rings is 2. The summed E-state index contributed by atoms with van der Waals surface area (Å²) >= 11 is 5.44. The zero-order valence-electron chi connectivity index (χ0n) is 15.0. The van der Waals surface area contributed by atoms with Crippen LogP contribution >= 0.6 is 45.7 Å². The van der Waals surface area contributed by atoms with Crippen LogP contribution in [0.3, 0.4) is 0 Å². The first-order valence-electron chi connectivity index (χ1n) is 8.55. The molecule has 0 unspecified atom stereocenters. The fourth-order valence-corrected chi connectivity index (χ4v) is 4.95. The van der Waals surface area contributed by atoms with E-state index >= 15 is 0 Å². The van der Waals surface area contributed by atoms with Crippen LogP contribution in [0.2, 0.25) is 0 Å². The summed E-state index contributed by atoms with van der Waals surface area (Å²) in [5.74, 6) is -0.0574. The first-order valence-corrected chi connectivity index (χ1v) is 11.7. The van der Waals surface area contributed by atoms with Gasteiger partial charge in [-0.3, -0.25) is 14.7 Å². The number of halogens is 1. The molecule has 0 spiro atoms. The molecule has 0 fully saturated rings. The van der Waals surface area contributed by atoms with Gasteiger partial charge in [0.1, 0.15) is 0 Å². The Balaban J connectivity index is 1.78. The third-order valence-corrected chi connectivity index (χ3v) is 6.94. The smallest absolute Gasteiger partial charge is 0.261 e. The van der Waals surface area contributed by atoms with E-state index in [2.05, 4.69) is 46.0 Å². The molecule has 1 amide bonds. The van der Waals surface area contributed by atoms with Crippen molar-refractivity contribution < 1.29 is 4.79 Å². The lowest BCUT2D eigenvalue weighted by atomic mass is 10.2. The summed E-state index contributed by atoms with van der Waals surface area (Å²) in [6.07, 6.45) is 5.57. The number of anilines is 1. The van der Waals surface area contributed by atoms with Crippen LogP contribution in [0.5, 0.6) is 0 Å². The molecule has 0 saturated heterocycles. The summed E-state index contributed by atoms with van der Waals surface area (Å²) in [4.78, 5) is 25.3. The number of pyridine rings is 1. The van der Waals surface area contributed by atoms with Gasteiger partial charge in [-0.15, -0.1) is 11.8 Å². The van der Waals surface area contributed by atoms with Gasteiger partial charge in [0.05, 0.1) is 22.3 Å². The van der Waals surface area contributed by atoms with E-state index in [9.17, 15) is 4.79 Å². The van der Waals surface area contributed by atoms with Crippen LogP contribution in [-0.2, 0) is 6.54 Å². The molecule has 0 atom stereocenters. The first-order chi connectivity index (χ1) is 13.7. The molecule has 2 aromatic heterocycles. The minimum absolute atomic E-state index is 0.0574. The average molecular weight is 517 g/mol. The minimum atomic E-state index is -0.0574. The quantitative estimate of drug-likeness (QED) is 0.246. The van der Waals surface area contributed by atoms with Gasteiger partial charge in [0, 0.05) is 20.9 Å². The Labute approximate surface area is 185 Å². The number of carbonyl (C=O) groups is 1. The van der Waals surface area contributed by atoms with Gasteiger partial charge in [0.2, 0.25) is 0 Å². The van der Waals surface area contributed by atoms with Crippen LogP contribution in [0.15, 0.2) is 71.9 Å². The highest BCUT2D eigenvalue weighted by Crippen LogP contribution is 2.33. The van der Waals surface area contributed by atoms with Crippen molar-refractivity contribution in [2.24, 2.45) is 0 Å². The Morgan fingerprint density at radius 2 is 2.04 bits per heavy atom. The van der Waals surface area contributed by atoms with Crippen molar-refractivity contribution >= 4 is 66.9 Å². The van der Waals surface area contributed by atoms with Crippen LogP contribution in [0.4, 0.5) is 5.13 Å². The number of rotatable bonds is 5. The van der Waals surface area contributed by atoms with Gasteiger partial charge < -0.3 is 0 Å². The van der Waals surface area contributed by atoms with Crippen molar-refractivity contribution in [2.75, 3.05) is 11.2 Å². The SMILES string of the molecule is CSc1ccc2nc(N(Cc3cccnc3)C(=O)c3ccccc3I)sc2c1. The second-order valence-corrected chi connectivity index (χ2v) is 9.11. The molecule has 0 aliphatic heterocycles. The van der Waals surface area contributed by atoms with E-state index in [0.29, 0.717) is 17.2 Å². The number of nitrogens with zero attached hydrogens (tertiary/aromatic N) is 3. The molecule has 0 radical (unpaired) electrons. The molecule has 2 aromatic carbocycles. The van der Waals surface area contributed by atoms with Gasteiger partial charge in [-0.1, -0.05) is 29.5 Å². The van der Waals surface area contributed by atoms with Gasteiger partial charge in [-0.05, 0) is 70.8 Å². The monoisotopic (exact) mass is 517 g/mol. The van der Waals surface area contributed by atoms with Gasteiger partial charge in [-0.25, -0.2) is 4.98 Å². The largest absolute Gasteiger partial charge is 0.279 e. The molecule has 4 nitrogen and oxygen atoms in total. The van der Waals surface area contributed by atoms with Crippen molar-refractivity contribution in [1.29, 1.82) is 0 Å². The third kappa shape index (κ3) is 4.06. The maximum absolute atomic E-state index is 13.4. The van der Waals surface area contributed by atoms with Crippen molar-refractivity contribution in [1.82, 2.24) is 9.97 Å². The fourth-order valence-electron chi connectivity index (χ4n) is 2.82. The Kier molecular flexibility index (Phi) is 5.93. The molecule has 7 heteroatoms. The van der Waals surface area contributed by atoms with Crippen LogP contribution in [0, 0.1) is 3.57 Å². The van der Waals surface area contributed by atoms with Crippen molar-refractivity contribution in [3.63, 3.8) is 0 Å². The van der Waals surface area contributed by atoms with Crippen LogP contribution in [-0.4, -0.2) is 22.1 Å².